The van der Waals surface area contributed by atoms with Crippen LogP contribution in [0, 0.1) is 0 Å². The second-order valence-corrected chi connectivity index (χ2v) is 14.4. The third kappa shape index (κ3) is 3.57. The van der Waals surface area contributed by atoms with E-state index in [-0.39, 0.29) is 0 Å². The highest BCUT2D eigenvalue weighted by Gasteiger charge is 2.50. The van der Waals surface area contributed by atoms with E-state index >= 15 is 0 Å². The smallest absolute Gasteiger partial charge is 0.135 e. The van der Waals surface area contributed by atoms with E-state index in [2.05, 4.69) is 182 Å². The summed E-state index contributed by atoms with van der Waals surface area (Å²) in [5.41, 5.74) is 17.4. The molecule has 0 amide bonds. The van der Waals surface area contributed by atoms with Gasteiger partial charge in [-0.3, -0.25) is 0 Å². The lowest BCUT2D eigenvalue weighted by atomic mass is 9.61. The van der Waals surface area contributed by atoms with Crippen LogP contribution in [0.5, 0.6) is 11.5 Å². The molecule has 0 saturated heterocycles. The van der Waals surface area contributed by atoms with Crippen LogP contribution in [-0.4, -0.2) is 0 Å². The summed E-state index contributed by atoms with van der Waals surface area (Å²) >= 11 is 0. The summed E-state index contributed by atoms with van der Waals surface area (Å²) in [5.74, 6) is 1.83. The van der Waals surface area contributed by atoms with Gasteiger partial charge in [-0.2, -0.15) is 0 Å². The first-order valence-electron chi connectivity index (χ1n) is 18.1. The topological polar surface area (TPSA) is 9.23 Å². The van der Waals surface area contributed by atoms with Gasteiger partial charge in [0.1, 0.15) is 11.5 Å². The van der Waals surface area contributed by atoms with Crippen LogP contribution in [0.25, 0.3) is 77.2 Å². The van der Waals surface area contributed by atoms with E-state index in [1.807, 2.05) is 0 Å². The Kier molecular flexibility index (Phi) is 5.49. The fourth-order valence-electron chi connectivity index (χ4n) is 9.73. The van der Waals surface area contributed by atoms with Gasteiger partial charge < -0.3 is 4.74 Å². The van der Waals surface area contributed by atoms with Crippen LogP contribution in [0.3, 0.4) is 0 Å². The first kappa shape index (κ1) is 28.0. The Labute approximate surface area is 302 Å². The number of hydrogen-bond acceptors (Lipinski definition) is 1. The van der Waals surface area contributed by atoms with Gasteiger partial charge in [-0.15, -0.1) is 0 Å². The molecule has 0 N–H and O–H groups in total. The molecule has 240 valence electrons. The molecule has 1 nitrogen and oxygen atoms in total. The van der Waals surface area contributed by atoms with Gasteiger partial charge in [-0.1, -0.05) is 152 Å². The van der Waals surface area contributed by atoms with Gasteiger partial charge in [0.05, 0.1) is 5.41 Å². The van der Waals surface area contributed by atoms with E-state index in [1.54, 1.807) is 0 Å². The zero-order valence-corrected chi connectivity index (χ0v) is 28.2. The normalized spacial score (nSPS) is 15.5. The molecule has 1 spiro atoms. The molecular formula is C51H30O. The summed E-state index contributed by atoms with van der Waals surface area (Å²) in [6.45, 7) is 0. The first-order chi connectivity index (χ1) is 25.8. The standard InChI is InChI=1S/C51H30O/c1-3-20-43-37(16-1)39-26-24-36(30-46(39)51(43)44-21-4-2-17-38(44)40-18-6-10-31-12-8-22-45(51)49(31)40)34-15-5-14-33(28-34)35-25-27-47-42(29-35)41-19-7-11-32-13-9-23-48(52-47)50(32)41/h1-30H. The van der Waals surface area contributed by atoms with Gasteiger partial charge >= 0.3 is 0 Å². The number of fused-ring (bicyclic) bond motifs is 11. The SMILES string of the molecule is c1cc(-c2ccc3c(c2)-c2cccc4cccc(c24)O3)cc(-c2ccc3c(c2)C2(c4ccccc4-3)c3ccccc3-c3cccc4cccc2c34)c1. The Morgan fingerprint density at radius 1 is 0.288 bits per heavy atom. The Morgan fingerprint density at radius 2 is 0.808 bits per heavy atom. The van der Waals surface area contributed by atoms with E-state index in [9.17, 15) is 0 Å². The Balaban J connectivity index is 1.05. The average molecular weight is 659 g/mol. The van der Waals surface area contributed by atoms with Crippen LogP contribution in [0.4, 0.5) is 0 Å². The third-order valence-corrected chi connectivity index (χ3v) is 11.9. The van der Waals surface area contributed by atoms with Crippen molar-refractivity contribution < 1.29 is 4.74 Å². The summed E-state index contributed by atoms with van der Waals surface area (Å²) < 4.78 is 6.43. The van der Waals surface area contributed by atoms with Crippen LogP contribution >= 0.6 is 0 Å². The molecular weight excluding hydrogens is 629 g/mol. The van der Waals surface area contributed by atoms with Gasteiger partial charge in [0.2, 0.25) is 0 Å². The lowest BCUT2D eigenvalue weighted by Crippen LogP contribution is -2.31. The number of benzene rings is 9. The number of rotatable bonds is 2. The average Bonchev–Trinajstić information content (AvgIpc) is 3.50. The van der Waals surface area contributed by atoms with Crippen molar-refractivity contribution in [1.82, 2.24) is 0 Å². The largest absolute Gasteiger partial charge is 0.456 e. The van der Waals surface area contributed by atoms with Crippen LogP contribution < -0.4 is 4.74 Å². The van der Waals surface area contributed by atoms with E-state index in [1.165, 1.54) is 93.9 Å². The predicted octanol–water partition coefficient (Wildman–Crippen LogP) is 13.4. The lowest BCUT2D eigenvalue weighted by Gasteiger charge is -2.40. The van der Waals surface area contributed by atoms with Crippen LogP contribution in [-0.2, 0) is 5.41 Å². The summed E-state index contributed by atoms with van der Waals surface area (Å²) in [6.07, 6.45) is 0. The molecule has 0 saturated carbocycles. The lowest BCUT2D eigenvalue weighted by molar-refractivity contribution is 0.487. The van der Waals surface area contributed by atoms with E-state index < -0.39 is 5.41 Å². The Hall–Kier alpha value is -6.70. The molecule has 0 radical (unpaired) electrons. The maximum Gasteiger partial charge on any atom is 0.135 e. The monoisotopic (exact) mass is 658 g/mol. The molecule has 1 heterocycles. The predicted molar refractivity (Wildman–Crippen MR) is 214 cm³/mol. The minimum Gasteiger partial charge on any atom is -0.456 e. The third-order valence-electron chi connectivity index (χ3n) is 11.9. The molecule has 9 aromatic rings. The Bertz CT molecular complexity index is 2990. The number of hydrogen-bond donors (Lipinski definition) is 0. The van der Waals surface area contributed by atoms with Crippen molar-refractivity contribution >= 4 is 21.5 Å². The maximum atomic E-state index is 6.43. The molecule has 1 heteroatoms. The van der Waals surface area contributed by atoms with Gasteiger partial charge in [0, 0.05) is 10.9 Å². The molecule has 3 aliphatic rings. The van der Waals surface area contributed by atoms with E-state index in [4.69, 9.17) is 4.74 Å². The zero-order chi connectivity index (χ0) is 34.0. The molecule has 1 atom stereocenters. The van der Waals surface area contributed by atoms with Crippen molar-refractivity contribution in [2.75, 3.05) is 0 Å². The highest BCUT2D eigenvalue weighted by Crippen LogP contribution is 2.62. The maximum absolute atomic E-state index is 6.43. The molecule has 0 aromatic heterocycles. The van der Waals surface area contributed by atoms with Gasteiger partial charge in [-0.05, 0) is 119 Å². The van der Waals surface area contributed by atoms with Crippen molar-refractivity contribution in [2.45, 2.75) is 5.41 Å². The van der Waals surface area contributed by atoms with Crippen molar-refractivity contribution in [3.05, 3.63) is 204 Å². The second-order valence-electron chi connectivity index (χ2n) is 14.4. The van der Waals surface area contributed by atoms with E-state index in [0.29, 0.717) is 0 Å². The first-order valence-corrected chi connectivity index (χ1v) is 18.1. The molecule has 1 unspecified atom stereocenters. The molecule has 12 rings (SSSR count). The van der Waals surface area contributed by atoms with Gasteiger partial charge in [0.25, 0.3) is 0 Å². The van der Waals surface area contributed by atoms with Crippen LogP contribution in [0.1, 0.15) is 22.3 Å². The summed E-state index contributed by atoms with van der Waals surface area (Å²) in [5, 5.41) is 5.02. The summed E-state index contributed by atoms with van der Waals surface area (Å²) in [6, 6.07) is 67.4. The summed E-state index contributed by atoms with van der Waals surface area (Å²) in [7, 11) is 0. The molecule has 2 aliphatic carbocycles. The molecule has 9 aromatic carbocycles. The quantitative estimate of drug-likeness (QED) is 0.180. The second kappa shape index (κ2) is 10.2. The van der Waals surface area contributed by atoms with Crippen LogP contribution in [0.2, 0.25) is 0 Å². The molecule has 52 heavy (non-hydrogen) atoms. The van der Waals surface area contributed by atoms with E-state index in [0.717, 1.165) is 17.1 Å². The highest BCUT2D eigenvalue weighted by atomic mass is 16.5. The van der Waals surface area contributed by atoms with Crippen molar-refractivity contribution in [1.29, 1.82) is 0 Å². The molecule has 0 bridgehead atoms. The highest BCUT2D eigenvalue weighted by molar-refractivity contribution is 6.07. The van der Waals surface area contributed by atoms with Gasteiger partial charge in [-0.25, -0.2) is 0 Å². The van der Waals surface area contributed by atoms with Crippen molar-refractivity contribution in [3.63, 3.8) is 0 Å². The fraction of sp³-hybridized carbons (Fsp3) is 0.0196. The Morgan fingerprint density at radius 3 is 1.58 bits per heavy atom. The number of ether oxygens (including phenoxy) is 1. The fourth-order valence-corrected chi connectivity index (χ4v) is 9.73. The zero-order valence-electron chi connectivity index (χ0n) is 28.2. The molecule has 0 fully saturated rings. The van der Waals surface area contributed by atoms with Crippen LogP contribution in [0.15, 0.2) is 182 Å². The van der Waals surface area contributed by atoms with Crippen molar-refractivity contribution in [3.8, 4) is 67.1 Å². The minimum atomic E-state index is -0.431. The minimum absolute atomic E-state index is 0.431. The summed E-state index contributed by atoms with van der Waals surface area (Å²) in [4.78, 5) is 0. The molecule has 1 aliphatic heterocycles. The van der Waals surface area contributed by atoms with Crippen molar-refractivity contribution in [2.24, 2.45) is 0 Å². The van der Waals surface area contributed by atoms with Gasteiger partial charge in [0.15, 0.2) is 0 Å².